The van der Waals surface area contributed by atoms with Gasteiger partial charge in [0.05, 0.1) is 10.7 Å². The number of furan rings is 1. The van der Waals surface area contributed by atoms with Crippen molar-refractivity contribution in [2.24, 2.45) is 5.10 Å². The van der Waals surface area contributed by atoms with E-state index < -0.39 is 0 Å². The molecule has 0 aliphatic carbocycles. The molecule has 0 saturated heterocycles. The molecule has 0 aliphatic rings. The SMILES string of the molecule is Cc1cccc(OCC(=O)N/N=C/c2cc(Br)c(Br)o2)c1C. The Kier molecular flexibility index (Phi) is 5.79. The molecular weight excluding hydrogens is 416 g/mol. The van der Waals surface area contributed by atoms with Crippen LogP contribution in [0.15, 0.2) is 42.9 Å². The van der Waals surface area contributed by atoms with Crippen molar-refractivity contribution in [1.82, 2.24) is 5.43 Å². The van der Waals surface area contributed by atoms with Crippen molar-refractivity contribution in [1.29, 1.82) is 0 Å². The van der Waals surface area contributed by atoms with Gasteiger partial charge in [0.25, 0.3) is 5.91 Å². The quantitative estimate of drug-likeness (QED) is 0.578. The summed E-state index contributed by atoms with van der Waals surface area (Å²) in [4.78, 5) is 11.7. The second kappa shape index (κ2) is 7.60. The highest BCUT2D eigenvalue weighted by Crippen LogP contribution is 2.25. The highest BCUT2D eigenvalue weighted by molar-refractivity contribution is 9.13. The van der Waals surface area contributed by atoms with Crippen LogP contribution < -0.4 is 10.2 Å². The molecule has 1 N–H and O–H groups in total. The normalized spacial score (nSPS) is 10.9. The highest BCUT2D eigenvalue weighted by atomic mass is 79.9. The van der Waals surface area contributed by atoms with Crippen LogP contribution in [0.1, 0.15) is 16.9 Å². The molecule has 116 valence electrons. The molecule has 0 radical (unpaired) electrons. The van der Waals surface area contributed by atoms with Gasteiger partial charge in [0.2, 0.25) is 0 Å². The average molecular weight is 430 g/mol. The van der Waals surface area contributed by atoms with Crippen molar-refractivity contribution in [2.45, 2.75) is 13.8 Å². The number of aryl methyl sites for hydroxylation is 1. The molecule has 2 aromatic rings. The molecule has 0 spiro atoms. The minimum Gasteiger partial charge on any atom is -0.483 e. The van der Waals surface area contributed by atoms with E-state index in [9.17, 15) is 4.79 Å². The summed E-state index contributed by atoms with van der Waals surface area (Å²) >= 11 is 6.51. The zero-order valence-corrected chi connectivity index (χ0v) is 15.2. The number of hydrogen-bond acceptors (Lipinski definition) is 4. The molecule has 1 aromatic heterocycles. The summed E-state index contributed by atoms with van der Waals surface area (Å²) in [6, 6.07) is 7.44. The van der Waals surface area contributed by atoms with E-state index in [-0.39, 0.29) is 12.5 Å². The maximum absolute atomic E-state index is 11.7. The Labute approximate surface area is 145 Å². The molecule has 22 heavy (non-hydrogen) atoms. The molecular formula is C15H14Br2N2O3. The van der Waals surface area contributed by atoms with E-state index in [4.69, 9.17) is 9.15 Å². The number of hydrazone groups is 1. The fourth-order valence-electron chi connectivity index (χ4n) is 1.65. The second-order valence-electron chi connectivity index (χ2n) is 4.55. The van der Waals surface area contributed by atoms with Gasteiger partial charge in [-0.25, -0.2) is 5.43 Å². The average Bonchev–Trinajstić information content (AvgIpc) is 2.79. The van der Waals surface area contributed by atoms with Gasteiger partial charge in [-0.15, -0.1) is 0 Å². The first-order valence-corrected chi connectivity index (χ1v) is 8.01. The van der Waals surface area contributed by atoms with Crippen LogP contribution in [-0.4, -0.2) is 18.7 Å². The molecule has 0 bridgehead atoms. The minimum absolute atomic E-state index is 0.104. The van der Waals surface area contributed by atoms with Crippen LogP contribution in [-0.2, 0) is 4.79 Å². The Hall–Kier alpha value is -1.60. The summed E-state index contributed by atoms with van der Waals surface area (Å²) in [5, 5.41) is 3.81. The summed E-state index contributed by atoms with van der Waals surface area (Å²) in [5.74, 6) is 0.856. The maximum atomic E-state index is 11.7. The zero-order chi connectivity index (χ0) is 16.1. The molecule has 0 fully saturated rings. The van der Waals surface area contributed by atoms with Gasteiger partial charge in [-0.1, -0.05) is 12.1 Å². The van der Waals surface area contributed by atoms with E-state index >= 15 is 0 Å². The number of carbonyl (C=O) groups excluding carboxylic acids is 1. The lowest BCUT2D eigenvalue weighted by Crippen LogP contribution is -2.24. The molecule has 0 saturated carbocycles. The van der Waals surface area contributed by atoms with Gasteiger partial charge >= 0.3 is 0 Å². The van der Waals surface area contributed by atoms with Gasteiger partial charge in [0, 0.05) is 6.07 Å². The number of amides is 1. The molecule has 5 nitrogen and oxygen atoms in total. The smallest absolute Gasteiger partial charge is 0.277 e. The molecule has 7 heteroatoms. The predicted molar refractivity (Wildman–Crippen MR) is 91.3 cm³/mol. The number of hydrogen-bond donors (Lipinski definition) is 1. The summed E-state index contributed by atoms with van der Waals surface area (Å²) in [5.41, 5.74) is 4.51. The molecule has 2 rings (SSSR count). The van der Waals surface area contributed by atoms with Crippen molar-refractivity contribution < 1.29 is 13.9 Å². The Morgan fingerprint density at radius 3 is 2.86 bits per heavy atom. The third kappa shape index (κ3) is 4.45. The van der Waals surface area contributed by atoms with Crippen LogP contribution >= 0.6 is 31.9 Å². The lowest BCUT2D eigenvalue weighted by atomic mass is 10.1. The van der Waals surface area contributed by atoms with E-state index in [1.807, 2.05) is 32.0 Å². The summed E-state index contributed by atoms with van der Waals surface area (Å²) in [7, 11) is 0. The zero-order valence-electron chi connectivity index (χ0n) is 12.0. The fraction of sp³-hybridized carbons (Fsp3) is 0.200. The number of nitrogens with one attached hydrogen (secondary N) is 1. The van der Waals surface area contributed by atoms with Gasteiger partial charge in [-0.2, -0.15) is 5.10 Å². The van der Waals surface area contributed by atoms with Crippen molar-refractivity contribution in [2.75, 3.05) is 6.61 Å². The first-order valence-electron chi connectivity index (χ1n) is 6.43. The summed E-state index contributed by atoms with van der Waals surface area (Å²) in [6.45, 7) is 3.84. The number of halogens is 2. The topological polar surface area (TPSA) is 63.8 Å². The van der Waals surface area contributed by atoms with Gasteiger partial charge in [0.1, 0.15) is 11.5 Å². The van der Waals surface area contributed by atoms with E-state index in [1.165, 1.54) is 6.21 Å². The lowest BCUT2D eigenvalue weighted by molar-refractivity contribution is -0.123. The van der Waals surface area contributed by atoms with E-state index in [0.717, 1.165) is 15.6 Å². The third-order valence-electron chi connectivity index (χ3n) is 2.96. The third-order valence-corrected chi connectivity index (χ3v) is 4.67. The molecule has 1 amide bonds. The fourth-order valence-corrected chi connectivity index (χ4v) is 2.26. The van der Waals surface area contributed by atoms with Crippen molar-refractivity contribution in [3.8, 4) is 5.75 Å². The number of nitrogens with zero attached hydrogens (tertiary/aromatic N) is 1. The Balaban J connectivity index is 1.84. The van der Waals surface area contributed by atoms with Crippen LogP contribution in [0.2, 0.25) is 0 Å². The van der Waals surface area contributed by atoms with E-state index in [2.05, 4.69) is 42.4 Å². The predicted octanol–water partition coefficient (Wildman–Crippen LogP) is 3.95. The van der Waals surface area contributed by atoms with Crippen LogP contribution in [0, 0.1) is 13.8 Å². The van der Waals surface area contributed by atoms with Gasteiger partial charge in [0.15, 0.2) is 11.3 Å². The maximum Gasteiger partial charge on any atom is 0.277 e. The van der Waals surface area contributed by atoms with Gasteiger partial charge in [-0.05, 0) is 62.9 Å². The van der Waals surface area contributed by atoms with Crippen molar-refractivity contribution >= 4 is 44.0 Å². The van der Waals surface area contributed by atoms with E-state index in [1.54, 1.807) is 6.07 Å². The van der Waals surface area contributed by atoms with Gasteiger partial charge < -0.3 is 9.15 Å². The number of ether oxygens (including phenoxy) is 1. The summed E-state index contributed by atoms with van der Waals surface area (Å²) in [6.07, 6.45) is 1.41. The molecule has 1 heterocycles. The molecule has 0 aliphatic heterocycles. The number of carbonyl (C=O) groups is 1. The minimum atomic E-state index is -0.346. The Morgan fingerprint density at radius 2 is 2.18 bits per heavy atom. The second-order valence-corrected chi connectivity index (χ2v) is 6.12. The van der Waals surface area contributed by atoms with Gasteiger partial charge in [-0.3, -0.25) is 4.79 Å². The van der Waals surface area contributed by atoms with E-state index in [0.29, 0.717) is 16.2 Å². The Morgan fingerprint density at radius 1 is 1.41 bits per heavy atom. The highest BCUT2D eigenvalue weighted by Gasteiger charge is 2.06. The van der Waals surface area contributed by atoms with Crippen LogP contribution in [0.4, 0.5) is 0 Å². The Bertz CT molecular complexity index is 691. The first kappa shape index (κ1) is 16.8. The lowest BCUT2D eigenvalue weighted by Gasteiger charge is -2.09. The standard InChI is InChI=1S/C15H14Br2N2O3/c1-9-4-3-5-13(10(9)2)21-8-14(20)19-18-7-11-6-12(16)15(17)22-11/h3-7H,8H2,1-2H3,(H,19,20)/b18-7+. The van der Waals surface area contributed by atoms with Crippen LogP contribution in [0.25, 0.3) is 0 Å². The largest absolute Gasteiger partial charge is 0.483 e. The number of rotatable bonds is 5. The molecule has 1 aromatic carbocycles. The van der Waals surface area contributed by atoms with Crippen LogP contribution in [0.5, 0.6) is 5.75 Å². The van der Waals surface area contributed by atoms with Crippen LogP contribution in [0.3, 0.4) is 0 Å². The van der Waals surface area contributed by atoms with Crippen molar-refractivity contribution in [3.63, 3.8) is 0 Å². The molecule has 0 atom stereocenters. The number of benzene rings is 1. The molecule has 0 unspecified atom stereocenters. The monoisotopic (exact) mass is 428 g/mol. The van der Waals surface area contributed by atoms with Crippen molar-refractivity contribution in [3.05, 3.63) is 50.3 Å². The summed E-state index contributed by atoms with van der Waals surface area (Å²) < 4.78 is 12.1. The first-order chi connectivity index (χ1) is 10.5.